The van der Waals surface area contributed by atoms with Crippen molar-refractivity contribution in [3.05, 3.63) is 64.1 Å². The molecule has 1 amide bonds. The molecular formula is C21H23Cl2NO2S. The molecule has 27 heavy (non-hydrogen) atoms. The molecule has 0 aromatic heterocycles. The first-order valence-corrected chi connectivity index (χ1v) is 10.7. The number of ether oxygens (including phenoxy) is 1. The summed E-state index contributed by atoms with van der Waals surface area (Å²) >= 11 is 13.7. The summed E-state index contributed by atoms with van der Waals surface area (Å²) in [5.74, 6) is 0.0304. The van der Waals surface area contributed by atoms with Crippen molar-refractivity contribution in [3.8, 4) is 0 Å². The standard InChI is InChI=1S/C21H23Cl2NO2S/c1-15(27-19-7-5-17(22)6-8-19)20(25)24-14-21(9-11-26-12-10-21)16-3-2-4-18(23)13-16/h2-8,13,15H,9-12,14H2,1H3,(H,24,25). The van der Waals surface area contributed by atoms with Crippen molar-refractivity contribution in [1.29, 1.82) is 0 Å². The van der Waals surface area contributed by atoms with Crippen LogP contribution in [0.5, 0.6) is 0 Å². The Morgan fingerprint density at radius 3 is 2.52 bits per heavy atom. The lowest BCUT2D eigenvalue weighted by atomic mass is 9.74. The summed E-state index contributed by atoms with van der Waals surface area (Å²) in [4.78, 5) is 13.7. The molecule has 3 rings (SSSR count). The summed E-state index contributed by atoms with van der Waals surface area (Å²) in [5, 5.41) is 4.38. The lowest BCUT2D eigenvalue weighted by Gasteiger charge is -2.38. The second-order valence-electron chi connectivity index (χ2n) is 6.83. The van der Waals surface area contributed by atoms with Gasteiger partial charge in [-0.3, -0.25) is 4.79 Å². The Morgan fingerprint density at radius 2 is 1.85 bits per heavy atom. The zero-order chi connectivity index (χ0) is 19.3. The topological polar surface area (TPSA) is 38.3 Å². The summed E-state index contributed by atoms with van der Waals surface area (Å²) in [6.45, 7) is 3.89. The van der Waals surface area contributed by atoms with Crippen LogP contribution in [-0.2, 0) is 14.9 Å². The number of halogens is 2. The first kappa shape index (κ1) is 20.5. The molecule has 1 unspecified atom stereocenters. The molecule has 2 aromatic carbocycles. The van der Waals surface area contributed by atoms with Gasteiger partial charge in [0, 0.05) is 40.1 Å². The third-order valence-corrected chi connectivity index (χ3v) is 6.58. The Bertz CT molecular complexity index is 776. The maximum atomic E-state index is 12.7. The summed E-state index contributed by atoms with van der Waals surface area (Å²) in [7, 11) is 0. The fraction of sp³-hybridized carbons (Fsp3) is 0.381. The van der Waals surface area contributed by atoms with Crippen LogP contribution in [0.4, 0.5) is 0 Å². The van der Waals surface area contributed by atoms with Gasteiger partial charge in [-0.05, 0) is 61.7 Å². The van der Waals surface area contributed by atoms with Gasteiger partial charge in [0.2, 0.25) is 5.91 Å². The van der Waals surface area contributed by atoms with Gasteiger partial charge in [0.1, 0.15) is 0 Å². The molecular weight excluding hydrogens is 401 g/mol. The average molecular weight is 424 g/mol. The maximum absolute atomic E-state index is 12.7. The Kier molecular flexibility index (Phi) is 7.10. The van der Waals surface area contributed by atoms with Gasteiger partial charge < -0.3 is 10.1 Å². The summed E-state index contributed by atoms with van der Waals surface area (Å²) < 4.78 is 5.56. The minimum atomic E-state index is -0.192. The van der Waals surface area contributed by atoms with E-state index in [2.05, 4.69) is 11.4 Å². The molecule has 0 bridgehead atoms. The van der Waals surface area contributed by atoms with Gasteiger partial charge in [-0.2, -0.15) is 0 Å². The van der Waals surface area contributed by atoms with Crippen LogP contribution in [0.1, 0.15) is 25.3 Å². The highest BCUT2D eigenvalue weighted by Crippen LogP contribution is 2.35. The van der Waals surface area contributed by atoms with Crippen LogP contribution in [0, 0.1) is 0 Å². The van der Waals surface area contributed by atoms with E-state index >= 15 is 0 Å². The SMILES string of the molecule is CC(Sc1ccc(Cl)cc1)C(=O)NCC1(c2cccc(Cl)c2)CCOCC1. The Morgan fingerprint density at radius 1 is 1.15 bits per heavy atom. The monoisotopic (exact) mass is 423 g/mol. The number of hydrogen-bond acceptors (Lipinski definition) is 3. The second kappa shape index (κ2) is 9.33. The predicted octanol–water partition coefficient (Wildman–Crippen LogP) is 5.34. The lowest BCUT2D eigenvalue weighted by molar-refractivity contribution is -0.120. The van der Waals surface area contributed by atoms with Gasteiger partial charge >= 0.3 is 0 Å². The van der Waals surface area contributed by atoms with Crippen LogP contribution in [0.2, 0.25) is 10.0 Å². The number of amides is 1. The molecule has 0 radical (unpaired) electrons. The van der Waals surface area contributed by atoms with E-state index in [1.54, 1.807) is 0 Å². The fourth-order valence-electron chi connectivity index (χ4n) is 3.32. The zero-order valence-electron chi connectivity index (χ0n) is 15.2. The fourth-order valence-corrected chi connectivity index (χ4v) is 4.53. The van der Waals surface area contributed by atoms with Crippen LogP contribution >= 0.6 is 35.0 Å². The minimum absolute atomic E-state index is 0.0304. The third-order valence-electron chi connectivity index (χ3n) is 4.98. The Balaban J connectivity index is 1.66. The average Bonchev–Trinajstić information content (AvgIpc) is 2.68. The summed E-state index contributed by atoms with van der Waals surface area (Å²) in [5.41, 5.74) is 1.03. The van der Waals surface area contributed by atoms with Gasteiger partial charge in [0.15, 0.2) is 0 Å². The summed E-state index contributed by atoms with van der Waals surface area (Å²) in [6, 6.07) is 15.5. The quantitative estimate of drug-likeness (QED) is 0.637. The van der Waals surface area contributed by atoms with Crippen molar-refractivity contribution in [2.45, 2.75) is 35.3 Å². The maximum Gasteiger partial charge on any atom is 0.233 e. The van der Waals surface area contributed by atoms with Crippen LogP contribution in [0.3, 0.4) is 0 Å². The van der Waals surface area contributed by atoms with Crippen LogP contribution in [-0.4, -0.2) is 30.9 Å². The van der Waals surface area contributed by atoms with E-state index in [1.807, 2.05) is 49.4 Å². The first-order chi connectivity index (χ1) is 13.0. The van der Waals surface area contributed by atoms with Crippen molar-refractivity contribution < 1.29 is 9.53 Å². The van der Waals surface area contributed by atoms with Crippen LogP contribution in [0.15, 0.2) is 53.4 Å². The lowest BCUT2D eigenvalue weighted by Crippen LogP contribution is -2.46. The van der Waals surface area contributed by atoms with Gasteiger partial charge in [-0.15, -0.1) is 11.8 Å². The van der Waals surface area contributed by atoms with Crippen molar-refractivity contribution in [2.75, 3.05) is 19.8 Å². The molecule has 6 heteroatoms. The predicted molar refractivity (Wildman–Crippen MR) is 113 cm³/mol. The third kappa shape index (κ3) is 5.41. The number of thioether (sulfide) groups is 1. The van der Waals surface area contributed by atoms with E-state index in [-0.39, 0.29) is 16.6 Å². The molecule has 1 heterocycles. The number of carbonyl (C=O) groups excluding carboxylic acids is 1. The molecule has 144 valence electrons. The van der Waals surface area contributed by atoms with E-state index < -0.39 is 0 Å². The van der Waals surface area contributed by atoms with Crippen molar-refractivity contribution in [3.63, 3.8) is 0 Å². The van der Waals surface area contributed by atoms with E-state index in [4.69, 9.17) is 27.9 Å². The summed E-state index contributed by atoms with van der Waals surface area (Å²) in [6.07, 6.45) is 1.73. The van der Waals surface area contributed by atoms with Crippen molar-refractivity contribution in [1.82, 2.24) is 5.32 Å². The van der Waals surface area contributed by atoms with E-state index in [0.29, 0.717) is 24.8 Å². The molecule has 1 N–H and O–H groups in total. The molecule has 2 aromatic rings. The molecule has 1 saturated heterocycles. The van der Waals surface area contributed by atoms with Gasteiger partial charge in [-0.1, -0.05) is 35.3 Å². The number of rotatable bonds is 6. The van der Waals surface area contributed by atoms with E-state index in [0.717, 1.165) is 28.3 Å². The van der Waals surface area contributed by atoms with Gasteiger partial charge in [0.05, 0.1) is 5.25 Å². The molecule has 1 aliphatic heterocycles. The van der Waals surface area contributed by atoms with Crippen LogP contribution < -0.4 is 5.32 Å². The highest BCUT2D eigenvalue weighted by molar-refractivity contribution is 8.00. The molecule has 0 aliphatic carbocycles. The zero-order valence-corrected chi connectivity index (χ0v) is 17.5. The highest BCUT2D eigenvalue weighted by Gasteiger charge is 2.35. The molecule has 1 atom stereocenters. The molecule has 0 spiro atoms. The number of hydrogen-bond donors (Lipinski definition) is 1. The van der Waals surface area contributed by atoms with E-state index in [9.17, 15) is 4.79 Å². The van der Waals surface area contributed by atoms with Crippen LogP contribution in [0.25, 0.3) is 0 Å². The van der Waals surface area contributed by atoms with Crippen molar-refractivity contribution >= 4 is 40.9 Å². The smallest absolute Gasteiger partial charge is 0.233 e. The molecule has 0 saturated carbocycles. The second-order valence-corrected chi connectivity index (χ2v) is 9.12. The first-order valence-electron chi connectivity index (χ1n) is 9.02. The Hall–Kier alpha value is -1.20. The number of nitrogens with one attached hydrogen (secondary N) is 1. The number of carbonyl (C=O) groups is 1. The molecule has 3 nitrogen and oxygen atoms in total. The van der Waals surface area contributed by atoms with Gasteiger partial charge in [-0.25, -0.2) is 0 Å². The molecule has 1 fully saturated rings. The van der Waals surface area contributed by atoms with Gasteiger partial charge in [0.25, 0.3) is 0 Å². The largest absolute Gasteiger partial charge is 0.381 e. The minimum Gasteiger partial charge on any atom is -0.381 e. The number of benzene rings is 2. The Labute approximate surface area is 174 Å². The normalized spacial score (nSPS) is 17.3. The van der Waals surface area contributed by atoms with E-state index in [1.165, 1.54) is 11.8 Å². The van der Waals surface area contributed by atoms with Crippen molar-refractivity contribution in [2.24, 2.45) is 0 Å². The highest BCUT2D eigenvalue weighted by atomic mass is 35.5. The molecule has 1 aliphatic rings.